The number of likely N-dealkylation sites (tertiary alicyclic amines) is 1. The van der Waals surface area contributed by atoms with Gasteiger partial charge in [0.05, 0.1) is 6.61 Å². The number of likely N-dealkylation sites (N-methyl/N-ethyl adjacent to an activating group) is 1. The molecule has 1 N–H and O–H groups in total. The maximum Gasteiger partial charge on any atom is 0.253 e. The molecule has 1 aliphatic heterocycles. The second-order valence-electron chi connectivity index (χ2n) is 5.96. The first-order valence-electron chi connectivity index (χ1n) is 8.44. The lowest BCUT2D eigenvalue weighted by atomic mass is 10.0. The standard InChI is InChI=1S/C18H28N2O2.ClH/c1-3-4-5-13-22-17-10-8-15(9-11-17)18(21)20-12-6-7-16(14-20)19-2;/h8-11,16,19H,3-7,12-14H2,1-2H3;1H. The van der Waals surface area contributed by atoms with Gasteiger partial charge in [0.1, 0.15) is 5.75 Å². The summed E-state index contributed by atoms with van der Waals surface area (Å²) in [4.78, 5) is 14.5. The first kappa shape index (κ1) is 19.8. The average molecular weight is 341 g/mol. The molecule has 130 valence electrons. The molecule has 1 amide bonds. The van der Waals surface area contributed by atoms with Gasteiger partial charge in [-0.1, -0.05) is 19.8 Å². The van der Waals surface area contributed by atoms with Crippen LogP contribution in [0.3, 0.4) is 0 Å². The molecule has 5 heteroatoms. The molecule has 0 spiro atoms. The highest BCUT2D eigenvalue weighted by atomic mass is 35.5. The third kappa shape index (κ3) is 6.04. The molecule has 0 radical (unpaired) electrons. The molecule has 1 saturated heterocycles. The quantitative estimate of drug-likeness (QED) is 0.772. The van der Waals surface area contributed by atoms with Crippen molar-refractivity contribution in [1.29, 1.82) is 0 Å². The van der Waals surface area contributed by atoms with Crippen LogP contribution in [0.25, 0.3) is 0 Å². The summed E-state index contributed by atoms with van der Waals surface area (Å²) in [5.74, 6) is 0.969. The van der Waals surface area contributed by atoms with E-state index in [1.165, 1.54) is 12.8 Å². The fraction of sp³-hybridized carbons (Fsp3) is 0.611. The predicted molar refractivity (Wildman–Crippen MR) is 96.7 cm³/mol. The molecule has 23 heavy (non-hydrogen) atoms. The van der Waals surface area contributed by atoms with Crippen molar-refractivity contribution >= 4 is 18.3 Å². The van der Waals surface area contributed by atoms with Crippen molar-refractivity contribution in [1.82, 2.24) is 10.2 Å². The number of piperidine rings is 1. The van der Waals surface area contributed by atoms with Crippen molar-refractivity contribution < 1.29 is 9.53 Å². The summed E-state index contributed by atoms with van der Waals surface area (Å²) in [6, 6.07) is 7.97. The first-order chi connectivity index (χ1) is 10.7. The zero-order valence-corrected chi connectivity index (χ0v) is 15.0. The van der Waals surface area contributed by atoms with Gasteiger partial charge in [-0.25, -0.2) is 0 Å². The number of rotatable bonds is 7. The van der Waals surface area contributed by atoms with E-state index in [-0.39, 0.29) is 18.3 Å². The molecule has 0 bridgehead atoms. The van der Waals surface area contributed by atoms with Crippen molar-refractivity contribution in [3.05, 3.63) is 29.8 Å². The average Bonchev–Trinajstić information content (AvgIpc) is 2.59. The Balaban J connectivity index is 0.00000264. The monoisotopic (exact) mass is 340 g/mol. The minimum atomic E-state index is 0. The molecule has 4 nitrogen and oxygen atoms in total. The van der Waals surface area contributed by atoms with Crippen LogP contribution in [0.4, 0.5) is 0 Å². The largest absolute Gasteiger partial charge is 0.494 e. The van der Waals surface area contributed by atoms with E-state index in [0.29, 0.717) is 6.04 Å². The Labute approximate surface area is 146 Å². The topological polar surface area (TPSA) is 41.6 Å². The summed E-state index contributed by atoms with van der Waals surface area (Å²) >= 11 is 0. The molecule has 0 aromatic heterocycles. The summed E-state index contributed by atoms with van der Waals surface area (Å²) in [5, 5.41) is 3.27. The minimum absolute atomic E-state index is 0. The second-order valence-corrected chi connectivity index (χ2v) is 5.96. The highest BCUT2D eigenvalue weighted by Crippen LogP contribution is 2.17. The number of amides is 1. The van der Waals surface area contributed by atoms with E-state index in [1.807, 2.05) is 36.2 Å². The van der Waals surface area contributed by atoms with E-state index in [4.69, 9.17) is 4.74 Å². The Morgan fingerprint density at radius 1 is 1.30 bits per heavy atom. The molecule has 2 rings (SSSR count). The number of nitrogens with zero attached hydrogens (tertiary/aromatic N) is 1. The third-order valence-corrected chi connectivity index (χ3v) is 4.23. The molecule has 1 aromatic rings. The Hall–Kier alpha value is -1.26. The highest BCUT2D eigenvalue weighted by molar-refractivity contribution is 5.94. The summed E-state index contributed by atoms with van der Waals surface area (Å²) in [6.07, 6.45) is 5.68. The van der Waals surface area contributed by atoms with Gasteiger partial charge in [-0.2, -0.15) is 0 Å². The molecular weight excluding hydrogens is 312 g/mol. The Bertz CT molecular complexity index is 465. The van der Waals surface area contributed by atoms with Gasteiger partial charge in [0.2, 0.25) is 0 Å². The van der Waals surface area contributed by atoms with Gasteiger partial charge in [-0.3, -0.25) is 4.79 Å². The van der Waals surface area contributed by atoms with Crippen LogP contribution in [0.5, 0.6) is 5.75 Å². The number of hydrogen-bond donors (Lipinski definition) is 1. The van der Waals surface area contributed by atoms with Crippen LogP contribution in [0.1, 0.15) is 49.4 Å². The summed E-state index contributed by atoms with van der Waals surface area (Å²) in [6.45, 7) is 4.58. The Kier molecular flexibility index (Phi) is 9.03. The van der Waals surface area contributed by atoms with Crippen molar-refractivity contribution in [2.45, 2.75) is 45.1 Å². The first-order valence-corrected chi connectivity index (χ1v) is 8.44. The van der Waals surface area contributed by atoms with Crippen LogP contribution < -0.4 is 10.1 Å². The number of carbonyl (C=O) groups excluding carboxylic acids is 1. The zero-order chi connectivity index (χ0) is 15.8. The minimum Gasteiger partial charge on any atom is -0.494 e. The van der Waals surface area contributed by atoms with Gasteiger partial charge >= 0.3 is 0 Å². The lowest BCUT2D eigenvalue weighted by Crippen LogP contribution is -2.46. The zero-order valence-electron chi connectivity index (χ0n) is 14.2. The number of benzene rings is 1. The number of ether oxygens (including phenoxy) is 1. The van der Waals surface area contributed by atoms with Crippen molar-refractivity contribution in [2.24, 2.45) is 0 Å². The summed E-state index contributed by atoms with van der Waals surface area (Å²) in [7, 11) is 1.96. The number of nitrogens with one attached hydrogen (secondary N) is 1. The van der Waals surface area contributed by atoms with Gasteiger partial charge in [0, 0.05) is 24.7 Å². The highest BCUT2D eigenvalue weighted by Gasteiger charge is 2.23. The molecule has 1 unspecified atom stereocenters. The SMILES string of the molecule is CCCCCOc1ccc(C(=O)N2CCCC(NC)C2)cc1.Cl. The maximum absolute atomic E-state index is 12.5. The third-order valence-electron chi connectivity index (χ3n) is 4.23. The molecule has 1 fully saturated rings. The van der Waals surface area contributed by atoms with Crippen LogP contribution >= 0.6 is 12.4 Å². The smallest absolute Gasteiger partial charge is 0.253 e. The van der Waals surface area contributed by atoms with Crippen LogP contribution in [0.2, 0.25) is 0 Å². The summed E-state index contributed by atoms with van der Waals surface area (Å²) < 4.78 is 5.69. The van der Waals surface area contributed by atoms with E-state index >= 15 is 0 Å². The van der Waals surface area contributed by atoms with E-state index in [2.05, 4.69) is 12.2 Å². The number of unbranched alkanes of at least 4 members (excludes halogenated alkanes) is 2. The maximum atomic E-state index is 12.5. The van der Waals surface area contributed by atoms with E-state index < -0.39 is 0 Å². The lowest BCUT2D eigenvalue weighted by molar-refractivity contribution is 0.0698. The molecule has 1 atom stereocenters. The van der Waals surface area contributed by atoms with E-state index in [9.17, 15) is 4.79 Å². The predicted octanol–water partition coefficient (Wildman–Crippen LogP) is 3.50. The van der Waals surface area contributed by atoms with Crippen LogP contribution in [-0.2, 0) is 0 Å². The van der Waals surface area contributed by atoms with Gasteiger partial charge in [-0.05, 0) is 50.6 Å². The number of halogens is 1. The van der Waals surface area contributed by atoms with Crippen molar-refractivity contribution in [2.75, 3.05) is 26.7 Å². The van der Waals surface area contributed by atoms with Gasteiger partial charge < -0.3 is 15.0 Å². The van der Waals surface area contributed by atoms with Crippen LogP contribution in [0, 0.1) is 0 Å². The van der Waals surface area contributed by atoms with Gasteiger partial charge in [-0.15, -0.1) is 12.4 Å². The normalized spacial score (nSPS) is 17.5. The lowest BCUT2D eigenvalue weighted by Gasteiger charge is -2.32. The molecule has 0 aliphatic carbocycles. The number of hydrogen-bond acceptors (Lipinski definition) is 3. The van der Waals surface area contributed by atoms with E-state index in [0.717, 1.165) is 50.3 Å². The van der Waals surface area contributed by atoms with Gasteiger partial charge in [0.15, 0.2) is 0 Å². The number of carbonyl (C=O) groups is 1. The van der Waals surface area contributed by atoms with Crippen molar-refractivity contribution in [3.8, 4) is 5.75 Å². The molecule has 1 aromatic carbocycles. The molecule has 1 heterocycles. The Morgan fingerprint density at radius 3 is 2.70 bits per heavy atom. The fourth-order valence-electron chi connectivity index (χ4n) is 2.82. The fourth-order valence-corrected chi connectivity index (χ4v) is 2.82. The van der Waals surface area contributed by atoms with Crippen LogP contribution in [-0.4, -0.2) is 43.6 Å². The second kappa shape index (κ2) is 10.5. The van der Waals surface area contributed by atoms with Crippen molar-refractivity contribution in [3.63, 3.8) is 0 Å². The Morgan fingerprint density at radius 2 is 2.04 bits per heavy atom. The van der Waals surface area contributed by atoms with E-state index in [1.54, 1.807) is 0 Å². The molecule has 1 aliphatic rings. The molecule has 0 saturated carbocycles. The summed E-state index contributed by atoms with van der Waals surface area (Å²) in [5.41, 5.74) is 0.748. The van der Waals surface area contributed by atoms with Crippen LogP contribution in [0.15, 0.2) is 24.3 Å². The van der Waals surface area contributed by atoms with Gasteiger partial charge in [0.25, 0.3) is 5.91 Å². The molecular formula is C18H29ClN2O2.